The van der Waals surface area contributed by atoms with Crippen LogP contribution in [0.25, 0.3) is 0 Å². The van der Waals surface area contributed by atoms with E-state index in [1.165, 1.54) is 24.8 Å². The highest BCUT2D eigenvalue weighted by molar-refractivity contribution is 5.97. The quantitative estimate of drug-likeness (QED) is 0.671. The van der Waals surface area contributed by atoms with Crippen molar-refractivity contribution >= 4 is 11.5 Å². The fourth-order valence-electron chi connectivity index (χ4n) is 2.63. The molecular weight excluding hydrogens is 246 g/mol. The van der Waals surface area contributed by atoms with Gasteiger partial charge in [0.25, 0.3) is 0 Å². The van der Waals surface area contributed by atoms with Gasteiger partial charge < -0.3 is 5.73 Å². The smallest absolute Gasteiger partial charge is 0.167 e. The Kier molecular flexibility index (Phi) is 3.55. The molecule has 1 fully saturated rings. The number of nitrogen functional groups attached to an aromatic ring is 1. The standard InChI is InChI=1S/C18H19NO/c19-17-9-7-13(8-10-17)11-18(20)16-6-2-5-15(12-16)14-3-1-4-14/h2,5-10,12,14H,1,3-4,11,19H2. The number of carbonyl (C=O) groups excluding carboxylic acids is 1. The predicted octanol–water partition coefficient (Wildman–Crippen LogP) is 3.96. The summed E-state index contributed by atoms with van der Waals surface area (Å²) in [6, 6.07) is 15.7. The summed E-state index contributed by atoms with van der Waals surface area (Å²) in [4.78, 5) is 12.3. The molecule has 0 atom stereocenters. The van der Waals surface area contributed by atoms with E-state index >= 15 is 0 Å². The lowest BCUT2D eigenvalue weighted by Gasteiger charge is -2.26. The molecule has 0 aromatic heterocycles. The molecule has 2 aromatic rings. The van der Waals surface area contributed by atoms with Crippen LogP contribution in [0.3, 0.4) is 0 Å². The number of benzene rings is 2. The van der Waals surface area contributed by atoms with Crippen LogP contribution >= 0.6 is 0 Å². The Balaban J connectivity index is 1.74. The summed E-state index contributed by atoms with van der Waals surface area (Å²) >= 11 is 0. The van der Waals surface area contributed by atoms with Crippen molar-refractivity contribution in [2.75, 3.05) is 5.73 Å². The molecule has 3 rings (SSSR count). The largest absolute Gasteiger partial charge is 0.399 e. The maximum Gasteiger partial charge on any atom is 0.167 e. The SMILES string of the molecule is Nc1ccc(CC(=O)c2cccc(C3CCC3)c2)cc1. The van der Waals surface area contributed by atoms with Gasteiger partial charge >= 0.3 is 0 Å². The molecular formula is C18H19NO. The van der Waals surface area contributed by atoms with E-state index in [1.807, 2.05) is 36.4 Å². The van der Waals surface area contributed by atoms with Crippen LogP contribution in [0.15, 0.2) is 48.5 Å². The lowest BCUT2D eigenvalue weighted by atomic mass is 9.79. The highest BCUT2D eigenvalue weighted by Crippen LogP contribution is 2.36. The van der Waals surface area contributed by atoms with E-state index in [1.54, 1.807) is 0 Å². The van der Waals surface area contributed by atoms with Gasteiger partial charge in [-0.25, -0.2) is 0 Å². The Labute approximate surface area is 119 Å². The summed E-state index contributed by atoms with van der Waals surface area (Å²) in [5.41, 5.74) is 9.54. The van der Waals surface area contributed by atoms with E-state index in [0.29, 0.717) is 12.3 Å². The van der Waals surface area contributed by atoms with Crippen LogP contribution in [0.1, 0.15) is 46.7 Å². The van der Waals surface area contributed by atoms with E-state index in [4.69, 9.17) is 5.73 Å². The lowest BCUT2D eigenvalue weighted by molar-refractivity contribution is 0.0993. The van der Waals surface area contributed by atoms with Gasteiger partial charge in [-0.15, -0.1) is 0 Å². The number of Topliss-reactive ketones (excluding diaryl/α,β-unsaturated/α-hetero) is 1. The number of anilines is 1. The van der Waals surface area contributed by atoms with Gasteiger partial charge in [0.1, 0.15) is 0 Å². The molecule has 0 heterocycles. The van der Waals surface area contributed by atoms with E-state index in [2.05, 4.69) is 12.1 Å². The predicted molar refractivity (Wildman–Crippen MR) is 81.9 cm³/mol. The molecule has 0 radical (unpaired) electrons. The Hall–Kier alpha value is -2.09. The monoisotopic (exact) mass is 265 g/mol. The second-order valence-electron chi connectivity index (χ2n) is 5.59. The number of hydrogen-bond donors (Lipinski definition) is 1. The zero-order valence-corrected chi connectivity index (χ0v) is 11.5. The fourth-order valence-corrected chi connectivity index (χ4v) is 2.63. The average molecular weight is 265 g/mol. The number of ketones is 1. The topological polar surface area (TPSA) is 43.1 Å². The minimum absolute atomic E-state index is 0.177. The molecule has 1 saturated carbocycles. The Morgan fingerprint density at radius 3 is 2.50 bits per heavy atom. The van der Waals surface area contributed by atoms with Gasteiger partial charge in [-0.05, 0) is 48.1 Å². The minimum atomic E-state index is 0.177. The van der Waals surface area contributed by atoms with Crippen LogP contribution < -0.4 is 5.73 Å². The average Bonchev–Trinajstić information content (AvgIpc) is 2.40. The van der Waals surface area contributed by atoms with Gasteiger partial charge in [0, 0.05) is 17.7 Å². The van der Waals surface area contributed by atoms with Gasteiger partial charge in [-0.1, -0.05) is 36.8 Å². The molecule has 2 nitrogen and oxygen atoms in total. The Morgan fingerprint density at radius 1 is 1.10 bits per heavy atom. The van der Waals surface area contributed by atoms with Crippen molar-refractivity contribution < 1.29 is 4.79 Å². The molecule has 2 aromatic carbocycles. The van der Waals surface area contributed by atoms with E-state index in [9.17, 15) is 4.79 Å². The van der Waals surface area contributed by atoms with Crippen LogP contribution in [-0.2, 0) is 6.42 Å². The zero-order valence-electron chi connectivity index (χ0n) is 11.5. The van der Waals surface area contributed by atoms with Crippen molar-refractivity contribution in [1.29, 1.82) is 0 Å². The molecule has 2 heteroatoms. The highest BCUT2D eigenvalue weighted by Gasteiger charge is 2.20. The van der Waals surface area contributed by atoms with Crippen LogP contribution in [-0.4, -0.2) is 5.78 Å². The highest BCUT2D eigenvalue weighted by atomic mass is 16.1. The first-order valence-electron chi connectivity index (χ1n) is 7.20. The van der Waals surface area contributed by atoms with Crippen LogP contribution in [0, 0.1) is 0 Å². The maximum absolute atomic E-state index is 12.3. The van der Waals surface area contributed by atoms with Gasteiger partial charge in [0.05, 0.1) is 0 Å². The summed E-state index contributed by atoms with van der Waals surface area (Å²) in [5.74, 6) is 0.843. The Morgan fingerprint density at radius 2 is 1.85 bits per heavy atom. The molecule has 0 aliphatic heterocycles. The van der Waals surface area contributed by atoms with Gasteiger partial charge in [0.15, 0.2) is 5.78 Å². The molecule has 0 spiro atoms. The van der Waals surface area contributed by atoms with Crippen LogP contribution in [0.2, 0.25) is 0 Å². The van der Waals surface area contributed by atoms with Gasteiger partial charge in [-0.2, -0.15) is 0 Å². The number of nitrogens with two attached hydrogens (primary N) is 1. The second-order valence-corrected chi connectivity index (χ2v) is 5.59. The molecule has 20 heavy (non-hydrogen) atoms. The second kappa shape index (κ2) is 5.49. The third-order valence-corrected chi connectivity index (χ3v) is 4.13. The van der Waals surface area contributed by atoms with Crippen molar-refractivity contribution in [3.05, 3.63) is 65.2 Å². The summed E-state index contributed by atoms with van der Waals surface area (Å²) in [6.07, 6.45) is 4.27. The van der Waals surface area contributed by atoms with Crippen LogP contribution in [0.5, 0.6) is 0 Å². The molecule has 0 unspecified atom stereocenters. The van der Waals surface area contributed by atoms with Crippen molar-refractivity contribution in [3.63, 3.8) is 0 Å². The Bertz CT molecular complexity index is 612. The third-order valence-electron chi connectivity index (χ3n) is 4.13. The zero-order chi connectivity index (χ0) is 13.9. The summed E-state index contributed by atoms with van der Waals surface area (Å²) < 4.78 is 0. The number of rotatable bonds is 4. The maximum atomic E-state index is 12.3. The summed E-state index contributed by atoms with van der Waals surface area (Å²) in [5, 5.41) is 0. The summed E-state index contributed by atoms with van der Waals surface area (Å²) in [7, 11) is 0. The van der Waals surface area contributed by atoms with Crippen molar-refractivity contribution in [1.82, 2.24) is 0 Å². The molecule has 0 amide bonds. The molecule has 0 saturated heterocycles. The van der Waals surface area contributed by atoms with Gasteiger partial charge in [0.2, 0.25) is 0 Å². The van der Waals surface area contributed by atoms with Crippen molar-refractivity contribution in [2.45, 2.75) is 31.6 Å². The summed E-state index contributed by atoms with van der Waals surface area (Å²) in [6.45, 7) is 0. The molecule has 1 aliphatic rings. The normalized spacial score (nSPS) is 14.8. The minimum Gasteiger partial charge on any atom is -0.399 e. The van der Waals surface area contributed by atoms with E-state index in [-0.39, 0.29) is 5.78 Å². The van der Waals surface area contributed by atoms with Crippen molar-refractivity contribution in [3.8, 4) is 0 Å². The number of hydrogen-bond acceptors (Lipinski definition) is 2. The fraction of sp³-hybridized carbons (Fsp3) is 0.278. The first-order valence-corrected chi connectivity index (χ1v) is 7.20. The lowest BCUT2D eigenvalue weighted by Crippen LogP contribution is -2.10. The van der Waals surface area contributed by atoms with Crippen molar-refractivity contribution in [2.24, 2.45) is 0 Å². The van der Waals surface area contributed by atoms with Crippen LogP contribution in [0.4, 0.5) is 5.69 Å². The van der Waals surface area contributed by atoms with Gasteiger partial charge in [-0.3, -0.25) is 4.79 Å². The molecule has 1 aliphatic carbocycles. The van der Waals surface area contributed by atoms with E-state index in [0.717, 1.165) is 16.8 Å². The third kappa shape index (κ3) is 2.74. The first kappa shape index (κ1) is 12.9. The first-order chi connectivity index (χ1) is 9.72. The molecule has 2 N–H and O–H groups in total. The van der Waals surface area contributed by atoms with E-state index < -0.39 is 0 Å². The molecule has 0 bridgehead atoms. The number of carbonyl (C=O) groups is 1. The molecule has 102 valence electrons.